The van der Waals surface area contributed by atoms with Gasteiger partial charge in [0.15, 0.2) is 5.84 Å². The van der Waals surface area contributed by atoms with Crippen LogP contribution in [0.4, 0.5) is 0 Å². The second kappa shape index (κ2) is 7.64. The lowest BCUT2D eigenvalue weighted by Gasteiger charge is -2.20. The Bertz CT molecular complexity index is 804. The van der Waals surface area contributed by atoms with Crippen molar-refractivity contribution < 1.29 is 18.0 Å². The zero-order valence-electron chi connectivity index (χ0n) is 14.4. The fourth-order valence-electron chi connectivity index (χ4n) is 2.41. The monoisotopic (exact) mass is 366 g/mol. The lowest BCUT2D eigenvalue weighted by atomic mass is 10.2. The van der Waals surface area contributed by atoms with Gasteiger partial charge in [-0.1, -0.05) is 19.1 Å². The van der Waals surface area contributed by atoms with Gasteiger partial charge in [0, 0.05) is 19.2 Å². The number of nitrogens with zero attached hydrogens (tertiary/aromatic N) is 2. The summed E-state index contributed by atoms with van der Waals surface area (Å²) in [4.78, 5) is 25.5. The van der Waals surface area contributed by atoms with Crippen molar-refractivity contribution in [3.8, 4) is 0 Å². The van der Waals surface area contributed by atoms with Crippen LogP contribution in [0.1, 0.15) is 25.8 Å². The number of fused-ring (bicyclic) bond motifs is 1. The van der Waals surface area contributed by atoms with Crippen molar-refractivity contribution in [2.24, 2.45) is 4.40 Å². The third kappa shape index (κ3) is 4.36. The number of amidine groups is 1. The molecule has 0 spiro atoms. The molecule has 0 radical (unpaired) electrons. The van der Waals surface area contributed by atoms with Crippen molar-refractivity contribution in [3.05, 3.63) is 29.8 Å². The molecule has 0 bridgehead atoms. The number of likely N-dealkylation sites (N-methyl/N-ethyl adjacent to an activating group) is 1. The van der Waals surface area contributed by atoms with Crippen molar-refractivity contribution in [2.75, 3.05) is 20.1 Å². The molecule has 1 atom stereocenters. The van der Waals surface area contributed by atoms with E-state index in [0.717, 1.165) is 6.42 Å². The second-order valence-electron chi connectivity index (χ2n) is 5.82. The molecular weight excluding hydrogens is 344 g/mol. The van der Waals surface area contributed by atoms with E-state index < -0.39 is 22.0 Å². The van der Waals surface area contributed by atoms with Crippen LogP contribution in [0.25, 0.3) is 0 Å². The Kier molecular flexibility index (Phi) is 5.78. The number of hydrogen-bond acceptors (Lipinski definition) is 5. The van der Waals surface area contributed by atoms with Gasteiger partial charge in [-0.2, -0.15) is 8.42 Å². The van der Waals surface area contributed by atoms with E-state index >= 15 is 0 Å². The van der Waals surface area contributed by atoms with Gasteiger partial charge in [-0.3, -0.25) is 9.59 Å². The SMILES string of the molecule is CCCNC(=O)[C@H](C)NC(=O)CN(C)C1=NS(=O)(=O)c2ccccc21. The van der Waals surface area contributed by atoms with Crippen LogP contribution in [0.3, 0.4) is 0 Å². The maximum absolute atomic E-state index is 12.1. The standard InChI is InChI=1S/C16H22N4O4S/c1-4-9-17-16(22)11(2)18-14(21)10-20(3)15-12-7-5-6-8-13(12)25(23,24)19-15/h5-8,11H,4,9-10H2,1-3H3,(H,17,22)(H,18,21)/t11-/m0/s1. The smallest absolute Gasteiger partial charge is 0.285 e. The lowest BCUT2D eigenvalue weighted by molar-refractivity contribution is -0.128. The first-order chi connectivity index (χ1) is 11.8. The van der Waals surface area contributed by atoms with Gasteiger partial charge >= 0.3 is 0 Å². The third-order valence-electron chi connectivity index (χ3n) is 3.67. The summed E-state index contributed by atoms with van der Waals surface area (Å²) in [6, 6.07) is 5.79. The predicted molar refractivity (Wildman–Crippen MR) is 93.7 cm³/mol. The van der Waals surface area contributed by atoms with E-state index in [9.17, 15) is 18.0 Å². The van der Waals surface area contributed by atoms with Crippen molar-refractivity contribution in [1.82, 2.24) is 15.5 Å². The van der Waals surface area contributed by atoms with Crippen molar-refractivity contribution in [3.63, 3.8) is 0 Å². The van der Waals surface area contributed by atoms with Gasteiger partial charge in [-0.15, -0.1) is 4.40 Å². The summed E-state index contributed by atoms with van der Waals surface area (Å²) < 4.78 is 27.9. The zero-order valence-corrected chi connectivity index (χ0v) is 15.3. The summed E-state index contributed by atoms with van der Waals surface area (Å²) in [5, 5.41) is 5.29. The van der Waals surface area contributed by atoms with Crippen LogP contribution < -0.4 is 10.6 Å². The molecule has 1 aliphatic heterocycles. The molecule has 8 nitrogen and oxygen atoms in total. The maximum atomic E-state index is 12.1. The van der Waals surface area contributed by atoms with Gasteiger partial charge < -0.3 is 15.5 Å². The number of nitrogens with one attached hydrogen (secondary N) is 2. The van der Waals surface area contributed by atoms with Gasteiger partial charge in [-0.25, -0.2) is 0 Å². The highest BCUT2D eigenvalue weighted by Crippen LogP contribution is 2.26. The topological polar surface area (TPSA) is 108 Å². The molecule has 2 rings (SSSR count). The first-order valence-electron chi connectivity index (χ1n) is 7.99. The van der Waals surface area contributed by atoms with E-state index in [1.54, 1.807) is 32.2 Å². The fraction of sp³-hybridized carbons (Fsp3) is 0.438. The number of benzene rings is 1. The zero-order chi connectivity index (χ0) is 18.6. The molecule has 2 amide bonds. The van der Waals surface area contributed by atoms with Crippen LogP contribution in [-0.2, 0) is 19.6 Å². The molecular formula is C16H22N4O4S. The maximum Gasteiger partial charge on any atom is 0.285 e. The minimum atomic E-state index is -3.73. The number of amides is 2. The van der Waals surface area contributed by atoms with E-state index in [-0.39, 0.29) is 23.2 Å². The molecule has 25 heavy (non-hydrogen) atoms. The normalized spacial score (nSPS) is 15.7. The Labute approximate surface area is 147 Å². The molecule has 1 aromatic carbocycles. The minimum absolute atomic E-state index is 0.117. The average Bonchev–Trinajstić information content (AvgIpc) is 2.84. The molecule has 0 fully saturated rings. The Morgan fingerprint density at radius 2 is 1.96 bits per heavy atom. The molecule has 0 saturated heterocycles. The molecule has 0 unspecified atom stereocenters. The summed E-state index contributed by atoms with van der Waals surface area (Å²) in [5.74, 6) is -0.441. The molecule has 0 saturated carbocycles. The molecule has 0 aliphatic carbocycles. The second-order valence-corrected chi connectivity index (χ2v) is 7.39. The third-order valence-corrected chi connectivity index (χ3v) is 5.00. The number of carbonyl (C=O) groups excluding carboxylic acids is 2. The van der Waals surface area contributed by atoms with Gasteiger partial charge in [0.1, 0.15) is 10.9 Å². The summed E-state index contributed by atoms with van der Waals surface area (Å²) >= 11 is 0. The molecule has 1 aromatic rings. The van der Waals surface area contributed by atoms with E-state index in [2.05, 4.69) is 15.0 Å². The molecule has 9 heteroatoms. The largest absolute Gasteiger partial charge is 0.354 e. The van der Waals surface area contributed by atoms with Gasteiger partial charge in [0.05, 0.1) is 6.54 Å². The van der Waals surface area contributed by atoms with Crippen LogP contribution in [-0.4, -0.2) is 57.1 Å². The number of rotatable bonds is 6. The van der Waals surface area contributed by atoms with Crippen LogP contribution >= 0.6 is 0 Å². The van der Waals surface area contributed by atoms with Crippen LogP contribution in [0.5, 0.6) is 0 Å². The van der Waals surface area contributed by atoms with E-state index in [1.165, 1.54) is 11.0 Å². The minimum Gasteiger partial charge on any atom is -0.354 e. The average molecular weight is 366 g/mol. The van der Waals surface area contributed by atoms with E-state index in [1.807, 2.05) is 6.92 Å². The van der Waals surface area contributed by atoms with Crippen LogP contribution in [0.15, 0.2) is 33.6 Å². The van der Waals surface area contributed by atoms with Gasteiger partial charge in [0.2, 0.25) is 11.8 Å². The van der Waals surface area contributed by atoms with Crippen molar-refractivity contribution in [2.45, 2.75) is 31.2 Å². The summed E-state index contributed by atoms with van der Waals surface area (Å²) in [6.45, 7) is 3.96. The first kappa shape index (κ1) is 18.9. The van der Waals surface area contributed by atoms with Gasteiger partial charge in [0.25, 0.3) is 10.0 Å². The van der Waals surface area contributed by atoms with E-state index in [4.69, 9.17) is 0 Å². The molecule has 136 valence electrons. The number of hydrogen-bond donors (Lipinski definition) is 2. The van der Waals surface area contributed by atoms with Crippen molar-refractivity contribution >= 4 is 27.7 Å². The Morgan fingerprint density at radius 1 is 1.28 bits per heavy atom. The fourth-order valence-corrected chi connectivity index (χ4v) is 3.66. The van der Waals surface area contributed by atoms with Crippen LogP contribution in [0, 0.1) is 0 Å². The Balaban J connectivity index is 2.02. The molecule has 2 N–H and O–H groups in total. The van der Waals surface area contributed by atoms with Gasteiger partial charge in [-0.05, 0) is 25.5 Å². The Morgan fingerprint density at radius 3 is 2.64 bits per heavy atom. The molecule has 0 aromatic heterocycles. The summed E-state index contributed by atoms with van der Waals surface area (Å²) in [7, 11) is -2.15. The number of carbonyl (C=O) groups is 2. The summed E-state index contributed by atoms with van der Waals surface area (Å²) in [6.07, 6.45) is 0.808. The first-order valence-corrected chi connectivity index (χ1v) is 9.43. The van der Waals surface area contributed by atoms with Crippen LogP contribution in [0.2, 0.25) is 0 Å². The highest BCUT2D eigenvalue weighted by molar-refractivity contribution is 7.90. The van der Waals surface area contributed by atoms with E-state index in [0.29, 0.717) is 12.1 Å². The number of sulfonamides is 1. The summed E-state index contributed by atoms with van der Waals surface area (Å²) in [5.41, 5.74) is 0.464. The highest BCUT2D eigenvalue weighted by atomic mass is 32.2. The molecule has 1 heterocycles. The lowest BCUT2D eigenvalue weighted by Crippen LogP contribution is -2.48. The Hall–Kier alpha value is -2.42. The highest BCUT2D eigenvalue weighted by Gasteiger charge is 2.31. The quantitative estimate of drug-likeness (QED) is 0.742. The molecule has 1 aliphatic rings. The predicted octanol–water partition coefficient (Wildman–Crippen LogP) is 0.0982. The van der Waals surface area contributed by atoms with Crippen molar-refractivity contribution in [1.29, 1.82) is 0 Å².